The number of hydrogen-bond acceptors (Lipinski definition) is 5. The van der Waals surface area contributed by atoms with Crippen molar-refractivity contribution < 1.29 is 18.7 Å². The maximum absolute atomic E-state index is 12.6. The monoisotopic (exact) mass is 368 g/mol. The molecular formula is C21H24N2O4. The maximum Gasteiger partial charge on any atom is 0.289 e. The van der Waals surface area contributed by atoms with Gasteiger partial charge in [0.15, 0.2) is 17.3 Å². The number of amides is 1. The molecular weight excluding hydrogens is 344 g/mol. The van der Waals surface area contributed by atoms with Gasteiger partial charge in [-0.25, -0.2) is 0 Å². The Balaban J connectivity index is 1.26. The molecule has 0 radical (unpaired) electrons. The first-order chi connectivity index (χ1) is 13.3. The fourth-order valence-electron chi connectivity index (χ4n) is 4.72. The van der Waals surface area contributed by atoms with Gasteiger partial charge in [-0.3, -0.25) is 9.69 Å². The van der Waals surface area contributed by atoms with Crippen LogP contribution in [0.2, 0.25) is 0 Å². The van der Waals surface area contributed by atoms with Gasteiger partial charge in [-0.15, -0.1) is 0 Å². The van der Waals surface area contributed by atoms with Gasteiger partial charge in [-0.2, -0.15) is 0 Å². The summed E-state index contributed by atoms with van der Waals surface area (Å²) in [5.41, 5.74) is 1.26. The molecule has 1 aromatic carbocycles. The number of piperidine rings is 2. The van der Waals surface area contributed by atoms with E-state index in [0.717, 1.165) is 44.1 Å². The number of furan rings is 1. The van der Waals surface area contributed by atoms with Crippen molar-refractivity contribution >= 4 is 5.91 Å². The summed E-state index contributed by atoms with van der Waals surface area (Å²) in [6.07, 6.45) is 4.94. The lowest BCUT2D eigenvalue weighted by Gasteiger charge is -2.47. The summed E-state index contributed by atoms with van der Waals surface area (Å²) >= 11 is 0. The SMILES string of the molecule is O=C(c1ccco1)N1CC[C@@H]2[C@@H](CCCN2Cc2ccc3c(c2)OCO3)C1. The Morgan fingerprint density at radius 1 is 1.11 bits per heavy atom. The van der Waals surface area contributed by atoms with E-state index in [9.17, 15) is 4.79 Å². The van der Waals surface area contributed by atoms with E-state index in [4.69, 9.17) is 13.9 Å². The summed E-state index contributed by atoms with van der Waals surface area (Å²) in [5.74, 6) is 2.67. The molecule has 2 aromatic rings. The van der Waals surface area contributed by atoms with Crippen molar-refractivity contribution in [1.82, 2.24) is 9.80 Å². The molecule has 2 atom stereocenters. The molecule has 3 aliphatic heterocycles. The molecule has 0 saturated carbocycles. The Kier molecular flexibility index (Phi) is 4.28. The Labute approximate surface area is 158 Å². The van der Waals surface area contributed by atoms with Gasteiger partial charge >= 0.3 is 0 Å². The van der Waals surface area contributed by atoms with Crippen LogP contribution in [0.3, 0.4) is 0 Å². The minimum Gasteiger partial charge on any atom is -0.459 e. The summed E-state index contributed by atoms with van der Waals surface area (Å²) in [6.45, 7) is 3.96. The first kappa shape index (κ1) is 16.7. The molecule has 0 unspecified atom stereocenters. The summed E-state index contributed by atoms with van der Waals surface area (Å²) in [5, 5.41) is 0. The Morgan fingerprint density at radius 2 is 2.04 bits per heavy atom. The third kappa shape index (κ3) is 3.18. The smallest absolute Gasteiger partial charge is 0.289 e. The summed E-state index contributed by atoms with van der Waals surface area (Å²) in [6, 6.07) is 10.3. The van der Waals surface area contributed by atoms with Crippen LogP contribution in [0.25, 0.3) is 0 Å². The number of fused-ring (bicyclic) bond motifs is 2. The van der Waals surface area contributed by atoms with E-state index in [0.29, 0.717) is 24.5 Å². The largest absolute Gasteiger partial charge is 0.459 e. The standard InChI is InChI=1S/C21H24N2O4/c24-21(19-4-2-10-25-19)23-9-7-17-16(13-23)3-1-8-22(17)12-15-5-6-18-20(11-15)27-14-26-18/h2,4-6,10-11,16-17H,1,3,7-9,12-14H2/t16-,17+/m0/s1. The fraction of sp³-hybridized carbons (Fsp3) is 0.476. The molecule has 0 aliphatic carbocycles. The predicted molar refractivity (Wildman–Crippen MR) is 98.7 cm³/mol. The van der Waals surface area contributed by atoms with Crippen molar-refractivity contribution in [2.24, 2.45) is 5.92 Å². The quantitative estimate of drug-likeness (QED) is 0.833. The van der Waals surface area contributed by atoms with Crippen molar-refractivity contribution in [2.45, 2.75) is 31.8 Å². The van der Waals surface area contributed by atoms with Crippen LogP contribution in [0.15, 0.2) is 41.0 Å². The molecule has 0 spiro atoms. The van der Waals surface area contributed by atoms with Gasteiger partial charge < -0.3 is 18.8 Å². The number of hydrogen-bond donors (Lipinski definition) is 0. The molecule has 2 fully saturated rings. The zero-order valence-electron chi connectivity index (χ0n) is 15.3. The van der Waals surface area contributed by atoms with Gasteiger partial charge in [0.25, 0.3) is 5.91 Å². The number of nitrogens with zero attached hydrogens (tertiary/aromatic N) is 2. The van der Waals surface area contributed by atoms with Gasteiger partial charge in [0.05, 0.1) is 6.26 Å². The molecule has 1 amide bonds. The average Bonchev–Trinajstić information content (AvgIpc) is 3.39. The van der Waals surface area contributed by atoms with Crippen molar-refractivity contribution in [3.8, 4) is 11.5 Å². The highest BCUT2D eigenvalue weighted by Crippen LogP contribution is 2.35. The normalized spacial score (nSPS) is 24.7. The molecule has 6 nitrogen and oxygen atoms in total. The highest BCUT2D eigenvalue weighted by Gasteiger charge is 2.37. The Hall–Kier alpha value is -2.47. The predicted octanol–water partition coefficient (Wildman–Crippen LogP) is 3.14. The molecule has 1 aromatic heterocycles. The van der Waals surface area contributed by atoms with Gasteiger partial charge in [0, 0.05) is 25.7 Å². The number of ether oxygens (including phenoxy) is 2. The number of likely N-dealkylation sites (tertiary alicyclic amines) is 2. The van der Waals surface area contributed by atoms with Crippen molar-refractivity contribution in [2.75, 3.05) is 26.4 Å². The number of rotatable bonds is 3. The lowest BCUT2D eigenvalue weighted by atomic mass is 9.83. The average molecular weight is 368 g/mol. The fourth-order valence-corrected chi connectivity index (χ4v) is 4.72. The second-order valence-electron chi connectivity index (χ2n) is 7.64. The zero-order valence-corrected chi connectivity index (χ0v) is 15.3. The summed E-state index contributed by atoms with van der Waals surface area (Å²) < 4.78 is 16.2. The number of benzene rings is 1. The van der Waals surface area contributed by atoms with Crippen LogP contribution in [-0.4, -0.2) is 48.2 Å². The number of carbonyl (C=O) groups excluding carboxylic acids is 1. The zero-order chi connectivity index (χ0) is 18.2. The molecule has 6 heteroatoms. The van der Waals surface area contributed by atoms with Crippen LogP contribution >= 0.6 is 0 Å². The van der Waals surface area contributed by atoms with Crippen LogP contribution in [0.4, 0.5) is 0 Å². The van der Waals surface area contributed by atoms with Crippen LogP contribution < -0.4 is 9.47 Å². The highest BCUT2D eigenvalue weighted by atomic mass is 16.7. The molecule has 2 saturated heterocycles. The molecule has 0 N–H and O–H groups in total. The van der Waals surface area contributed by atoms with Gasteiger partial charge in [-0.05, 0) is 61.6 Å². The first-order valence-electron chi connectivity index (χ1n) is 9.73. The second-order valence-corrected chi connectivity index (χ2v) is 7.64. The van der Waals surface area contributed by atoms with Crippen molar-refractivity contribution in [3.05, 3.63) is 47.9 Å². The van der Waals surface area contributed by atoms with Crippen LogP contribution in [0.5, 0.6) is 11.5 Å². The topological polar surface area (TPSA) is 55.2 Å². The minimum atomic E-state index is 0.0198. The molecule has 27 heavy (non-hydrogen) atoms. The van der Waals surface area contributed by atoms with Crippen LogP contribution in [0, 0.1) is 5.92 Å². The maximum atomic E-state index is 12.6. The van der Waals surface area contributed by atoms with E-state index >= 15 is 0 Å². The van der Waals surface area contributed by atoms with E-state index in [1.807, 2.05) is 11.0 Å². The van der Waals surface area contributed by atoms with Gasteiger partial charge in [0.2, 0.25) is 6.79 Å². The third-order valence-electron chi connectivity index (χ3n) is 6.02. The summed E-state index contributed by atoms with van der Waals surface area (Å²) in [7, 11) is 0. The van der Waals surface area contributed by atoms with E-state index in [-0.39, 0.29) is 5.91 Å². The van der Waals surface area contributed by atoms with E-state index < -0.39 is 0 Å². The molecule has 3 aliphatic rings. The molecule has 0 bridgehead atoms. The molecule has 5 rings (SSSR count). The first-order valence-corrected chi connectivity index (χ1v) is 9.73. The lowest BCUT2D eigenvalue weighted by molar-refractivity contribution is 0.0161. The van der Waals surface area contributed by atoms with Crippen molar-refractivity contribution in [3.63, 3.8) is 0 Å². The third-order valence-corrected chi connectivity index (χ3v) is 6.02. The van der Waals surface area contributed by atoms with Crippen LogP contribution in [-0.2, 0) is 6.54 Å². The minimum absolute atomic E-state index is 0.0198. The highest BCUT2D eigenvalue weighted by molar-refractivity contribution is 5.91. The second kappa shape index (κ2) is 6.93. The van der Waals surface area contributed by atoms with E-state index in [1.54, 1.807) is 18.4 Å². The summed E-state index contributed by atoms with van der Waals surface area (Å²) in [4.78, 5) is 17.2. The molecule has 142 valence electrons. The van der Waals surface area contributed by atoms with Gasteiger partial charge in [-0.1, -0.05) is 6.07 Å². The number of carbonyl (C=O) groups is 1. The van der Waals surface area contributed by atoms with Gasteiger partial charge in [0.1, 0.15) is 0 Å². The lowest BCUT2D eigenvalue weighted by Crippen LogP contribution is -2.54. The van der Waals surface area contributed by atoms with E-state index in [2.05, 4.69) is 17.0 Å². The van der Waals surface area contributed by atoms with E-state index in [1.165, 1.54) is 18.4 Å². The Bertz CT molecular complexity index is 820. The van der Waals surface area contributed by atoms with Crippen molar-refractivity contribution in [1.29, 1.82) is 0 Å². The molecule has 4 heterocycles. The van der Waals surface area contributed by atoms with Crippen LogP contribution in [0.1, 0.15) is 35.4 Å². The Morgan fingerprint density at radius 3 is 2.93 bits per heavy atom.